The maximum atomic E-state index is 11.2. The summed E-state index contributed by atoms with van der Waals surface area (Å²) in [7, 11) is 0. The highest BCUT2D eigenvalue weighted by molar-refractivity contribution is 5.92. The van der Waals surface area contributed by atoms with Crippen molar-refractivity contribution in [3.63, 3.8) is 0 Å². The first-order valence-corrected chi connectivity index (χ1v) is 4.69. The maximum absolute atomic E-state index is 11.2. The van der Waals surface area contributed by atoms with Gasteiger partial charge in [-0.3, -0.25) is 0 Å². The van der Waals surface area contributed by atoms with Crippen LogP contribution in [-0.2, 0) is 9.53 Å². The van der Waals surface area contributed by atoms with Crippen LogP contribution in [0.1, 0.15) is 33.1 Å². The number of rotatable bonds is 0. The number of fused-ring (bicyclic) bond motifs is 1. The predicted molar refractivity (Wildman–Crippen MR) is 46.8 cm³/mol. The summed E-state index contributed by atoms with van der Waals surface area (Å²) >= 11 is 0. The Morgan fingerprint density at radius 3 is 3.00 bits per heavy atom. The number of hydrogen-bond donors (Lipinski definition) is 1. The van der Waals surface area contributed by atoms with Crippen molar-refractivity contribution in [1.29, 1.82) is 0 Å². The van der Waals surface area contributed by atoms with Gasteiger partial charge in [0.05, 0.1) is 0 Å². The van der Waals surface area contributed by atoms with Crippen molar-refractivity contribution >= 4 is 5.97 Å². The molecule has 0 saturated heterocycles. The van der Waals surface area contributed by atoms with E-state index in [-0.39, 0.29) is 5.97 Å². The third-order valence-electron chi connectivity index (χ3n) is 3.00. The van der Waals surface area contributed by atoms with Gasteiger partial charge in [-0.1, -0.05) is 6.92 Å². The average Bonchev–Trinajstić information content (AvgIpc) is 2.22. The van der Waals surface area contributed by atoms with Crippen LogP contribution in [0.4, 0.5) is 0 Å². The molecular formula is C10H14O3. The third-order valence-corrected chi connectivity index (χ3v) is 3.00. The summed E-state index contributed by atoms with van der Waals surface area (Å²) in [5.41, 5.74) is 1.41. The lowest BCUT2D eigenvalue weighted by atomic mass is 9.81. The van der Waals surface area contributed by atoms with Crippen LogP contribution in [0.25, 0.3) is 0 Å². The van der Waals surface area contributed by atoms with Crippen molar-refractivity contribution in [3.8, 4) is 0 Å². The molecule has 1 fully saturated rings. The van der Waals surface area contributed by atoms with Crippen LogP contribution in [0.3, 0.4) is 0 Å². The largest absolute Gasteiger partial charge is 0.426 e. The molecule has 3 heteroatoms. The molecule has 0 aromatic heterocycles. The summed E-state index contributed by atoms with van der Waals surface area (Å²) in [5, 5.41) is 10.0. The van der Waals surface area contributed by atoms with E-state index in [4.69, 9.17) is 4.74 Å². The van der Waals surface area contributed by atoms with E-state index in [0.717, 1.165) is 18.4 Å². The molecule has 1 heterocycles. The molecule has 0 aromatic carbocycles. The van der Waals surface area contributed by atoms with E-state index in [1.165, 1.54) is 0 Å². The smallest absolute Gasteiger partial charge is 0.336 e. The molecule has 2 aliphatic rings. The van der Waals surface area contributed by atoms with Crippen molar-refractivity contribution in [1.82, 2.24) is 0 Å². The van der Waals surface area contributed by atoms with Gasteiger partial charge in [-0.15, -0.1) is 0 Å². The average molecular weight is 182 g/mol. The summed E-state index contributed by atoms with van der Waals surface area (Å²) in [6, 6.07) is 0. The van der Waals surface area contributed by atoms with Crippen molar-refractivity contribution in [2.24, 2.45) is 5.92 Å². The van der Waals surface area contributed by atoms with Gasteiger partial charge in [-0.25, -0.2) is 4.79 Å². The summed E-state index contributed by atoms with van der Waals surface area (Å²) in [6.07, 6.45) is 2.37. The molecule has 0 spiro atoms. The minimum atomic E-state index is -1.27. The van der Waals surface area contributed by atoms with Gasteiger partial charge in [0.15, 0.2) is 0 Å². The minimum absolute atomic E-state index is 0.355. The number of esters is 1. The van der Waals surface area contributed by atoms with Crippen LogP contribution in [0.5, 0.6) is 0 Å². The first kappa shape index (κ1) is 8.75. The zero-order chi connectivity index (χ0) is 9.64. The summed E-state index contributed by atoms with van der Waals surface area (Å²) in [5.74, 6) is -1.20. The van der Waals surface area contributed by atoms with E-state index in [1.54, 1.807) is 6.92 Å². The number of carbonyl (C=O) groups excluding carboxylic acids is 1. The third kappa shape index (κ3) is 1.18. The highest BCUT2D eigenvalue weighted by atomic mass is 16.7. The van der Waals surface area contributed by atoms with Gasteiger partial charge in [-0.2, -0.15) is 0 Å². The van der Waals surface area contributed by atoms with Crippen LogP contribution in [0.2, 0.25) is 0 Å². The zero-order valence-corrected chi connectivity index (χ0v) is 7.96. The van der Waals surface area contributed by atoms with E-state index in [9.17, 15) is 9.90 Å². The molecule has 2 atom stereocenters. The Hall–Kier alpha value is -0.830. The van der Waals surface area contributed by atoms with Gasteiger partial charge in [0.1, 0.15) is 0 Å². The van der Waals surface area contributed by atoms with Crippen LogP contribution in [-0.4, -0.2) is 16.9 Å². The molecule has 1 N–H and O–H groups in total. The molecular weight excluding hydrogens is 168 g/mol. The lowest BCUT2D eigenvalue weighted by Crippen LogP contribution is -2.37. The molecule has 72 valence electrons. The SMILES string of the molecule is CC1=C2CC[C@@H](C)C[C@@]2(O)OC1=O. The molecule has 0 radical (unpaired) electrons. The molecule has 1 aliphatic heterocycles. The normalized spacial score (nSPS) is 39.0. The van der Waals surface area contributed by atoms with Gasteiger partial charge in [0.2, 0.25) is 5.79 Å². The van der Waals surface area contributed by atoms with E-state index in [2.05, 4.69) is 6.92 Å². The fourth-order valence-electron chi connectivity index (χ4n) is 2.22. The Morgan fingerprint density at radius 1 is 1.62 bits per heavy atom. The molecule has 13 heavy (non-hydrogen) atoms. The van der Waals surface area contributed by atoms with Crippen molar-refractivity contribution in [2.45, 2.75) is 38.9 Å². The van der Waals surface area contributed by atoms with Gasteiger partial charge >= 0.3 is 5.97 Å². The fraction of sp³-hybridized carbons (Fsp3) is 0.700. The molecule has 2 rings (SSSR count). The van der Waals surface area contributed by atoms with Crippen molar-refractivity contribution in [3.05, 3.63) is 11.1 Å². The van der Waals surface area contributed by atoms with E-state index < -0.39 is 5.79 Å². The molecule has 3 nitrogen and oxygen atoms in total. The molecule has 0 unspecified atom stereocenters. The fourth-order valence-corrected chi connectivity index (χ4v) is 2.22. The molecule has 0 amide bonds. The van der Waals surface area contributed by atoms with Crippen LogP contribution in [0, 0.1) is 5.92 Å². The predicted octanol–water partition coefficient (Wildman–Crippen LogP) is 1.37. The van der Waals surface area contributed by atoms with Crippen LogP contribution in [0.15, 0.2) is 11.1 Å². The Labute approximate surface area is 77.4 Å². The van der Waals surface area contributed by atoms with E-state index in [0.29, 0.717) is 17.9 Å². The van der Waals surface area contributed by atoms with Crippen LogP contribution < -0.4 is 0 Å². The number of carbonyl (C=O) groups is 1. The van der Waals surface area contributed by atoms with Gasteiger partial charge in [0.25, 0.3) is 0 Å². The lowest BCUT2D eigenvalue weighted by Gasteiger charge is -2.32. The van der Waals surface area contributed by atoms with E-state index in [1.807, 2.05) is 0 Å². The molecule has 1 saturated carbocycles. The van der Waals surface area contributed by atoms with Gasteiger partial charge in [-0.05, 0) is 25.7 Å². The number of hydrogen-bond acceptors (Lipinski definition) is 3. The minimum Gasteiger partial charge on any atom is -0.426 e. The highest BCUT2D eigenvalue weighted by Gasteiger charge is 2.47. The standard InChI is InChI=1S/C10H14O3/c1-6-3-4-8-7(2)9(11)13-10(8,12)5-6/h6,12H,3-5H2,1-2H3/t6-,10-/m1/s1. The summed E-state index contributed by atoms with van der Waals surface area (Å²) < 4.78 is 4.98. The first-order chi connectivity index (χ1) is 6.03. The topological polar surface area (TPSA) is 46.5 Å². The summed E-state index contributed by atoms with van der Waals surface area (Å²) in [4.78, 5) is 11.2. The Bertz CT molecular complexity index is 293. The second kappa shape index (κ2) is 2.58. The maximum Gasteiger partial charge on any atom is 0.336 e. The Balaban J connectivity index is 2.36. The van der Waals surface area contributed by atoms with Crippen molar-refractivity contribution in [2.75, 3.05) is 0 Å². The second-order valence-electron chi connectivity index (χ2n) is 4.13. The zero-order valence-electron chi connectivity index (χ0n) is 7.96. The first-order valence-electron chi connectivity index (χ1n) is 4.69. The van der Waals surface area contributed by atoms with Gasteiger partial charge in [0, 0.05) is 17.6 Å². The molecule has 0 bridgehead atoms. The van der Waals surface area contributed by atoms with Crippen molar-refractivity contribution < 1.29 is 14.6 Å². The highest BCUT2D eigenvalue weighted by Crippen LogP contribution is 2.43. The monoisotopic (exact) mass is 182 g/mol. The molecule has 0 aromatic rings. The van der Waals surface area contributed by atoms with E-state index >= 15 is 0 Å². The lowest BCUT2D eigenvalue weighted by molar-refractivity contribution is -0.190. The van der Waals surface area contributed by atoms with Gasteiger partial charge < -0.3 is 9.84 Å². The number of ether oxygens (including phenoxy) is 1. The van der Waals surface area contributed by atoms with Crippen LogP contribution >= 0.6 is 0 Å². The second-order valence-corrected chi connectivity index (χ2v) is 4.13. The quantitative estimate of drug-likeness (QED) is 0.575. The Kier molecular flexibility index (Phi) is 1.74. The Morgan fingerprint density at radius 2 is 2.31 bits per heavy atom. The molecule has 1 aliphatic carbocycles. The number of aliphatic hydroxyl groups is 1. The summed E-state index contributed by atoms with van der Waals surface area (Å²) in [6.45, 7) is 3.79.